The third kappa shape index (κ3) is 5.20. The Balaban J connectivity index is 2.80. The summed E-state index contributed by atoms with van der Waals surface area (Å²) in [6.07, 6.45) is 0. The summed E-state index contributed by atoms with van der Waals surface area (Å²) in [5, 5.41) is 10.9. The molecule has 1 aromatic carbocycles. The molecule has 98 valence electrons. The molecule has 0 aliphatic heterocycles. The van der Waals surface area contributed by atoms with Gasteiger partial charge in [-0.2, -0.15) is 0 Å². The van der Waals surface area contributed by atoms with Crippen molar-refractivity contribution in [2.45, 2.75) is 12.2 Å². The normalized spacial score (nSPS) is 11.9. The van der Waals surface area contributed by atoms with Crippen LogP contribution in [0.5, 0.6) is 0 Å². The van der Waals surface area contributed by atoms with Crippen LogP contribution in [0.4, 0.5) is 0 Å². The molecule has 4 nitrogen and oxygen atoms in total. The second-order valence-electron chi connectivity index (χ2n) is 3.36. The molecule has 1 atom stereocenters. The summed E-state index contributed by atoms with van der Waals surface area (Å²) >= 11 is 12.0. The monoisotopic (exact) mass is 305 g/mol. The summed E-state index contributed by atoms with van der Waals surface area (Å²) in [5.74, 6) is 0. The molecule has 0 aromatic heterocycles. The van der Waals surface area contributed by atoms with E-state index in [0.29, 0.717) is 16.0 Å². The van der Waals surface area contributed by atoms with Crippen LogP contribution in [0.2, 0.25) is 5.02 Å². The van der Waals surface area contributed by atoms with E-state index in [4.69, 9.17) is 28.6 Å². The molecule has 0 fully saturated rings. The van der Waals surface area contributed by atoms with E-state index in [1.54, 1.807) is 24.3 Å². The first-order valence-electron chi connectivity index (χ1n) is 5.23. The maximum atomic E-state index is 10.7. The van der Waals surface area contributed by atoms with E-state index in [2.05, 4.69) is 0 Å². The first-order chi connectivity index (χ1) is 8.52. The highest BCUT2D eigenvalue weighted by Crippen LogP contribution is 2.31. The van der Waals surface area contributed by atoms with Crippen LogP contribution in [0.25, 0.3) is 0 Å². The van der Waals surface area contributed by atoms with Gasteiger partial charge >= 0.3 is 0 Å². The Bertz CT molecular complexity index is 425. The van der Waals surface area contributed by atoms with Crippen molar-refractivity contribution < 1.29 is 9.66 Å². The van der Waals surface area contributed by atoms with Crippen molar-refractivity contribution in [2.24, 2.45) is 0 Å². The van der Waals surface area contributed by atoms with E-state index in [1.165, 1.54) is 11.8 Å². The molecule has 0 saturated carbocycles. The quantitative estimate of drug-likeness (QED) is 0.471. The lowest BCUT2D eigenvalue weighted by Gasteiger charge is -2.13. The molecular formula is C11H12ClNO3S2. The van der Waals surface area contributed by atoms with Gasteiger partial charge in [0.05, 0.1) is 6.61 Å². The Labute approximate surface area is 120 Å². The maximum Gasteiger partial charge on any atom is 0.220 e. The van der Waals surface area contributed by atoms with Crippen LogP contribution in [-0.4, -0.2) is 22.5 Å². The van der Waals surface area contributed by atoms with E-state index in [9.17, 15) is 10.1 Å². The van der Waals surface area contributed by atoms with Crippen LogP contribution in [0.15, 0.2) is 24.3 Å². The highest BCUT2D eigenvalue weighted by Gasteiger charge is 2.21. The lowest BCUT2D eigenvalue weighted by Crippen LogP contribution is -2.12. The summed E-state index contributed by atoms with van der Waals surface area (Å²) in [7, 11) is 0. The lowest BCUT2D eigenvalue weighted by molar-refractivity contribution is -0.479. The van der Waals surface area contributed by atoms with Gasteiger partial charge in [-0.1, -0.05) is 35.5 Å². The van der Waals surface area contributed by atoms with Gasteiger partial charge in [0.1, 0.15) is 5.25 Å². The third-order valence-electron chi connectivity index (χ3n) is 2.06. The second kappa shape index (κ2) is 7.56. The average molecular weight is 306 g/mol. The van der Waals surface area contributed by atoms with Crippen LogP contribution in [-0.2, 0) is 4.74 Å². The molecule has 0 N–H and O–H groups in total. The van der Waals surface area contributed by atoms with Gasteiger partial charge in [-0.25, -0.2) is 0 Å². The van der Waals surface area contributed by atoms with Gasteiger partial charge in [-0.15, -0.1) is 0 Å². The molecule has 0 bridgehead atoms. The number of hydrogen-bond acceptors (Lipinski definition) is 5. The molecule has 0 saturated heterocycles. The molecule has 0 heterocycles. The van der Waals surface area contributed by atoms with Crippen molar-refractivity contribution in [2.75, 3.05) is 13.2 Å². The molecule has 1 aromatic rings. The van der Waals surface area contributed by atoms with E-state index < -0.39 is 0 Å². The zero-order chi connectivity index (χ0) is 13.5. The van der Waals surface area contributed by atoms with E-state index in [1.807, 2.05) is 6.92 Å². The van der Waals surface area contributed by atoms with Gasteiger partial charge in [0.25, 0.3) is 0 Å². The predicted molar refractivity (Wildman–Crippen MR) is 77.9 cm³/mol. The molecule has 0 aliphatic carbocycles. The Morgan fingerprint density at radius 2 is 2.17 bits per heavy atom. The number of halogens is 1. The summed E-state index contributed by atoms with van der Waals surface area (Å²) in [6.45, 7) is 2.06. The van der Waals surface area contributed by atoms with E-state index in [-0.39, 0.29) is 16.7 Å². The lowest BCUT2D eigenvalue weighted by atomic mass is 10.1. The summed E-state index contributed by atoms with van der Waals surface area (Å²) in [6, 6.07) is 6.93. The first-order valence-corrected chi connectivity index (χ1v) is 6.90. The molecular weight excluding hydrogens is 294 g/mol. The molecule has 1 unspecified atom stereocenters. The van der Waals surface area contributed by atoms with Crippen molar-refractivity contribution in [1.29, 1.82) is 0 Å². The fraction of sp³-hybridized carbons (Fsp3) is 0.364. The molecule has 0 amide bonds. The van der Waals surface area contributed by atoms with Gasteiger partial charge in [0.2, 0.25) is 10.9 Å². The van der Waals surface area contributed by atoms with Crippen molar-refractivity contribution in [1.82, 2.24) is 0 Å². The minimum Gasteiger partial charge on any atom is -0.479 e. The number of nitrogens with zero attached hydrogens (tertiary/aromatic N) is 1. The third-order valence-corrected chi connectivity index (χ3v) is 3.73. The second-order valence-corrected chi connectivity index (χ2v) is 5.60. The zero-order valence-corrected chi connectivity index (χ0v) is 12.1. The van der Waals surface area contributed by atoms with Gasteiger partial charge in [-0.05, 0) is 36.8 Å². The summed E-state index contributed by atoms with van der Waals surface area (Å²) in [4.78, 5) is 10.3. The zero-order valence-electron chi connectivity index (χ0n) is 9.67. The minimum atomic E-state index is -0.365. The van der Waals surface area contributed by atoms with E-state index in [0.717, 1.165) is 5.56 Å². The average Bonchev–Trinajstić information content (AvgIpc) is 2.28. The minimum absolute atomic E-state index is 0.209. The number of hydrogen-bond donors (Lipinski definition) is 0. The number of thioether (sulfide) groups is 1. The maximum absolute atomic E-state index is 10.7. The van der Waals surface area contributed by atoms with Crippen LogP contribution in [0, 0.1) is 10.1 Å². The van der Waals surface area contributed by atoms with Crippen molar-refractivity contribution in [3.05, 3.63) is 45.0 Å². The molecule has 7 heteroatoms. The van der Waals surface area contributed by atoms with Crippen LogP contribution in [0.1, 0.15) is 17.7 Å². The number of nitro groups is 1. The van der Waals surface area contributed by atoms with Crippen molar-refractivity contribution >= 4 is 40.0 Å². The Morgan fingerprint density at radius 3 is 2.67 bits per heavy atom. The molecule has 18 heavy (non-hydrogen) atoms. The Hall–Kier alpha value is -0.850. The number of rotatable bonds is 5. The summed E-state index contributed by atoms with van der Waals surface area (Å²) in [5.41, 5.74) is 0.808. The molecule has 0 aliphatic rings. The van der Waals surface area contributed by atoms with Crippen LogP contribution < -0.4 is 0 Å². The van der Waals surface area contributed by atoms with Gasteiger partial charge < -0.3 is 4.74 Å². The molecule has 1 rings (SSSR count). The SMILES string of the molecule is CCOC(=S)SC(C[N+](=O)[O-])c1ccc(Cl)cc1. The summed E-state index contributed by atoms with van der Waals surface area (Å²) < 4.78 is 5.46. The molecule has 0 radical (unpaired) electrons. The fourth-order valence-electron chi connectivity index (χ4n) is 1.29. The highest BCUT2D eigenvalue weighted by atomic mass is 35.5. The van der Waals surface area contributed by atoms with Gasteiger partial charge in [0, 0.05) is 9.95 Å². The highest BCUT2D eigenvalue weighted by molar-refractivity contribution is 8.22. The van der Waals surface area contributed by atoms with Crippen molar-refractivity contribution in [3.8, 4) is 0 Å². The van der Waals surface area contributed by atoms with Crippen LogP contribution >= 0.6 is 35.6 Å². The smallest absolute Gasteiger partial charge is 0.220 e. The van der Waals surface area contributed by atoms with Gasteiger partial charge in [0.15, 0.2) is 0 Å². The Kier molecular flexibility index (Phi) is 6.38. The number of thiocarbonyl (C=S) groups is 1. The largest absolute Gasteiger partial charge is 0.479 e. The fourth-order valence-corrected chi connectivity index (χ4v) is 2.79. The molecule has 0 spiro atoms. The van der Waals surface area contributed by atoms with Crippen LogP contribution in [0.3, 0.4) is 0 Å². The predicted octanol–water partition coefficient (Wildman–Crippen LogP) is 3.71. The number of ether oxygens (including phenoxy) is 1. The van der Waals surface area contributed by atoms with E-state index >= 15 is 0 Å². The Morgan fingerprint density at radius 1 is 1.56 bits per heavy atom. The van der Waals surface area contributed by atoms with Crippen molar-refractivity contribution in [3.63, 3.8) is 0 Å². The number of benzene rings is 1. The topological polar surface area (TPSA) is 52.4 Å². The standard InChI is InChI=1S/C11H12ClNO3S2/c1-2-16-11(17)18-10(7-13(14)15)8-3-5-9(12)6-4-8/h3-6,10H,2,7H2,1H3. The van der Waals surface area contributed by atoms with Gasteiger partial charge in [-0.3, -0.25) is 10.1 Å². The first kappa shape index (κ1) is 15.2.